The van der Waals surface area contributed by atoms with Gasteiger partial charge >= 0.3 is 32.4 Å². The molecule has 0 saturated carbocycles. The van der Waals surface area contributed by atoms with Gasteiger partial charge in [0.2, 0.25) is 47.0 Å². The largest absolute Gasteiger partial charge is 2.00 e. The molecule has 4 atom stereocenters. The van der Waals surface area contributed by atoms with Crippen molar-refractivity contribution in [2.75, 3.05) is 0 Å². The van der Waals surface area contributed by atoms with Crippen LogP contribution in [-0.2, 0) is 27.3 Å². The minimum atomic E-state index is -1.25. The molecule has 4 aliphatic heterocycles. The zero-order valence-electron chi connectivity index (χ0n) is 25.1. The Morgan fingerprint density at radius 2 is 0.659 bits per heavy atom. The topological polar surface area (TPSA) is 141 Å². The molecule has 0 spiro atoms. The molecule has 0 aromatic heterocycles. The molecule has 0 bridgehead atoms. The molecule has 0 amide bonds. The van der Waals surface area contributed by atoms with Gasteiger partial charge in [-0.1, -0.05) is 24.3 Å². The second-order valence-corrected chi connectivity index (χ2v) is 9.29. The molecule has 12 nitrogen and oxygen atoms in total. The van der Waals surface area contributed by atoms with Crippen molar-refractivity contribution < 1.29 is 61.8 Å². The maximum atomic E-state index is 10.9. The fourth-order valence-corrected chi connectivity index (χ4v) is 3.31. The Hall–Kier alpha value is -3.56. The molecule has 13 heteroatoms. The van der Waals surface area contributed by atoms with E-state index in [2.05, 4.69) is 0 Å². The van der Waals surface area contributed by atoms with Gasteiger partial charge in [0.05, 0.1) is 0 Å². The summed E-state index contributed by atoms with van der Waals surface area (Å²) in [7, 11) is 0. The van der Waals surface area contributed by atoms with Crippen molar-refractivity contribution in [3.8, 4) is 0 Å². The molecule has 4 rings (SSSR count). The number of hydrogen-bond acceptors (Lipinski definition) is 5. The summed E-state index contributed by atoms with van der Waals surface area (Å²) >= 11 is 0. The Balaban J connectivity index is 0. The van der Waals surface area contributed by atoms with Crippen LogP contribution in [-0.4, -0.2) is 58.7 Å². The third kappa shape index (κ3) is 15.7. The Morgan fingerprint density at radius 3 is 0.756 bits per heavy atom. The number of nitrogens with zero attached hydrogens (tertiary/aromatic N) is 5. The van der Waals surface area contributed by atoms with E-state index in [1.54, 1.807) is 0 Å². The molecule has 216 valence electrons. The SMILES string of the molecule is CC1=CC=CC(C)[N+]1=O.CC1=CC=CC(C)[N+]1=O.CC1=CC=CC(C)[N+]1=O.CC1=CC=CC(C)[N+]1=O.O=[N+](O)O.[Cd+2]. The maximum absolute atomic E-state index is 10.9. The van der Waals surface area contributed by atoms with Crippen LogP contribution in [0.3, 0.4) is 0 Å². The van der Waals surface area contributed by atoms with Gasteiger partial charge in [-0.25, -0.2) is 10.4 Å². The molecule has 0 aliphatic carbocycles. The zero-order valence-corrected chi connectivity index (χ0v) is 29.2. The average Bonchev–Trinajstić information content (AvgIpc) is 2.88. The summed E-state index contributed by atoms with van der Waals surface area (Å²) in [4.78, 5) is 52.2. The van der Waals surface area contributed by atoms with Gasteiger partial charge in [0.15, 0.2) is 0 Å². The fraction of sp³-hybridized carbons (Fsp3) is 0.429. The summed E-state index contributed by atoms with van der Waals surface area (Å²) in [5, 5.41) is 12.5. The van der Waals surface area contributed by atoms with E-state index in [9.17, 15) is 19.6 Å². The third-order valence-corrected chi connectivity index (χ3v) is 5.78. The molecule has 0 saturated heterocycles. The second-order valence-electron chi connectivity index (χ2n) is 9.29. The Kier molecular flexibility index (Phi) is 19.6. The van der Waals surface area contributed by atoms with Crippen molar-refractivity contribution in [2.45, 2.75) is 79.6 Å². The van der Waals surface area contributed by atoms with Gasteiger partial charge in [-0.2, -0.15) is 0 Å². The first kappa shape index (κ1) is 39.6. The third-order valence-electron chi connectivity index (χ3n) is 5.78. The van der Waals surface area contributed by atoms with E-state index < -0.39 is 5.09 Å². The van der Waals surface area contributed by atoms with Gasteiger partial charge in [0.25, 0.3) is 0 Å². The van der Waals surface area contributed by atoms with Crippen LogP contribution in [0.25, 0.3) is 0 Å². The minimum Gasteiger partial charge on any atom is -0.201 e. The monoisotopic (exact) mass is 674 g/mol. The van der Waals surface area contributed by atoms with Crippen molar-refractivity contribution in [3.05, 3.63) is 120 Å². The van der Waals surface area contributed by atoms with Crippen LogP contribution in [0, 0.1) is 24.5 Å². The van der Waals surface area contributed by atoms with Crippen LogP contribution in [0.5, 0.6) is 0 Å². The number of hydrogen-bond donors (Lipinski definition) is 2. The average molecular weight is 673 g/mol. The molecule has 4 aliphatic rings. The summed E-state index contributed by atoms with van der Waals surface area (Å²) in [5.74, 6) is 0. The molecule has 4 heterocycles. The summed E-state index contributed by atoms with van der Waals surface area (Å²) < 4.78 is 4.00. The van der Waals surface area contributed by atoms with E-state index in [1.165, 1.54) is 0 Å². The summed E-state index contributed by atoms with van der Waals surface area (Å²) in [5.41, 5.74) is 3.13. The first-order chi connectivity index (χ1) is 18.6. The predicted octanol–water partition coefficient (Wildman–Crippen LogP) is 6.05. The van der Waals surface area contributed by atoms with Gasteiger partial charge in [-0.3, -0.25) is 0 Å². The summed E-state index contributed by atoms with van der Waals surface area (Å²) in [6, 6.07) is 0.0370. The van der Waals surface area contributed by atoms with Gasteiger partial charge in [-0.15, -0.1) is 0 Å². The van der Waals surface area contributed by atoms with Gasteiger partial charge in [0.1, 0.15) is 4.91 Å². The van der Waals surface area contributed by atoms with Gasteiger partial charge < -0.3 is 0 Å². The standard InChI is InChI=1S/4C7H10NO.Cd.H2NO3/c4*1-6-4-3-5-7(2)8(6)9;;2-1(3)4/h4*3-6H,1-2H3;;(H2,2,3,4)/q4*+1;+2;+1. The van der Waals surface area contributed by atoms with Crippen LogP contribution < -0.4 is 0 Å². The van der Waals surface area contributed by atoms with Crippen molar-refractivity contribution in [2.24, 2.45) is 0 Å². The molecular formula is C28H42CdN5O7+7. The molecule has 0 aromatic rings. The van der Waals surface area contributed by atoms with Crippen LogP contribution >= 0.6 is 0 Å². The Bertz CT molecular complexity index is 1050. The van der Waals surface area contributed by atoms with Gasteiger partial charge in [0, 0.05) is 118 Å². The van der Waals surface area contributed by atoms with Crippen LogP contribution in [0.1, 0.15) is 55.4 Å². The van der Waals surface area contributed by atoms with Crippen molar-refractivity contribution in [3.63, 3.8) is 0 Å². The van der Waals surface area contributed by atoms with E-state index in [4.69, 9.17) is 15.3 Å². The number of allylic oxidation sites excluding steroid dienone is 12. The molecule has 0 fully saturated rings. The van der Waals surface area contributed by atoms with E-state index in [-0.39, 0.29) is 51.5 Å². The van der Waals surface area contributed by atoms with Crippen LogP contribution in [0.15, 0.2) is 95.7 Å². The van der Waals surface area contributed by atoms with Gasteiger partial charge in [-0.05, 0) is 24.3 Å². The zero-order chi connectivity index (χ0) is 31.0. The number of rotatable bonds is 0. The number of nitroso groups, excluding NO2 is 4. The molecular weight excluding hydrogens is 631 g/mol. The van der Waals surface area contributed by atoms with Crippen LogP contribution in [0.4, 0.5) is 0 Å². The van der Waals surface area contributed by atoms with E-state index in [0.29, 0.717) is 0 Å². The first-order valence-corrected chi connectivity index (χ1v) is 12.7. The molecule has 0 radical (unpaired) electrons. The summed E-state index contributed by atoms with van der Waals surface area (Å²) in [6.07, 6.45) is 22.4. The Labute approximate surface area is 260 Å². The quantitative estimate of drug-likeness (QED) is 0.181. The van der Waals surface area contributed by atoms with E-state index in [0.717, 1.165) is 41.8 Å². The van der Waals surface area contributed by atoms with Crippen molar-refractivity contribution in [1.29, 1.82) is 0 Å². The predicted molar refractivity (Wildman–Crippen MR) is 151 cm³/mol. The van der Waals surface area contributed by atoms with Crippen molar-refractivity contribution in [1.82, 2.24) is 0 Å². The minimum absolute atomic E-state index is 0. The smallest absolute Gasteiger partial charge is 0.201 e. The first-order valence-electron chi connectivity index (χ1n) is 12.7. The second kappa shape index (κ2) is 20.3. The molecule has 41 heavy (non-hydrogen) atoms. The fourth-order valence-electron chi connectivity index (χ4n) is 3.31. The van der Waals surface area contributed by atoms with E-state index in [1.807, 2.05) is 128 Å². The Morgan fingerprint density at radius 1 is 0.512 bits per heavy atom. The summed E-state index contributed by atoms with van der Waals surface area (Å²) in [6.45, 7) is 14.8. The van der Waals surface area contributed by atoms with Crippen LogP contribution in [0.2, 0.25) is 0 Å². The molecule has 4 unspecified atom stereocenters. The molecule has 2 N–H and O–H groups in total. The van der Waals surface area contributed by atoms with Crippen molar-refractivity contribution >= 4 is 0 Å². The van der Waals surface area contributed by atoms with E-state index >= 15 is 0 Å². The normalized spacial score (nSPS) is 23.6. The maximum Gasteiger partial charge on any atom is 2.00 e. The molecule has 0 aromatic carbocycles.